The largest absolute Gasteiger partial charge is 0.491 e. The van der Waals surface area contributed by atoms with Gasteiger partial charge in [0.2, 0.25) is 16.0 Å². The Bertz CT molecular complexity index is 1530. The highest BCUT2D eigenvalue weighted by atomic mass is 35.5. The van der Waals surface area contributed by atoms with Gasteiger partial charge in [-0.1, -0.05) is 18.5 Å². The zero-order valence-corrected chi connectivity index (χ0v) is 21.3. The summed E-state index contributed by atoms with van der Waals surface area (Å²) in [7, 11) is -3.47. The molecule has 11 heteroatoms. The number of halogens is 1. The van der Waals surface area contributed by atoms with Crippen molar-refractivity contribution in [1.82, 2.24) is 9.97 Å². The second-order valence-electron chi connectivity index (χ2n) is 7.64. The van der Waals surface area contributed by atoms with Crippen LogP contribution in [0.15, 0.2) is 48.0 Å². The van der Waals surface area contributed by atoms with Gasteiger partial charge < -0.3 is 9.47 Å². The first-order chi connectivity index (χ1) is 16.8. The van der Waals surface area contributed by atoms with E-state index in [1.54, 1.807) is 23.5 Å². The lowest BCUT2D eigenvalue weighted by Crippen LogP contribution is -2.13. The Morgan fingerprint density at radius 1 is 1.20 bits per heavy atom. The van der Waals surface area contributed by atoms with Crippen LogP contribution in [0.3, 0.4) is 0 Å². The van der Waals surface area contributed by atoms with Crippen LogP contribution in [0.25, 0.3) is 21.2 Å². The van der Waals surface area contributed by atoms with Gasteiger partial charge in [0.25, 0.3) is 0 Å². The van der Waals surface area contributed by atoms with Crippen molar-refractivity contribution in [1.29, 1.82) is 5.26 Å². The predicted molar refractivity (Wildman–Crippen MR) is 138 cm³/mol. The maximum atomic E-state index is 11.4. The zero-order chi connectivity index (χ0) is 25.0. The second-order valence-corrected chi connectivity index (χ2v) is 10.7. The molecule has 0 aliphatic heterocycles. The second kappa shape index (κ2) is 10.5. The number of sulfonamides is 1. The van der Waals surface area contributed by atoms with Crippen LogP contribution in [0.4, 0.5) is 5.95 Å². The number of nitrogens with zero attached hydrogens (tertiary/aromatic N) is 3. The van der Waals surface area contributed by atoms with Crippen molar-refractivity contribution in [3.05, 3.63) is 64.3 Å². The molecule has 0 atom stereocenters. The molecule has 2 aromatic carbocycles. The topological polar surface area (TPSA) is 114 Å². The molecule has 0 saturated carbocycles. The Hall–Kier alpha value is -3.39. The molecule has 35 heavy (non-hydrogen) atoms. The molecule has 4 rings (SSSR count). The standard InChI is InChI=1S/C24H21ClN4O4S2/c1-3-8-32-23-16(12-26)9-15(10-21(23)25)20-14-34-22-11-18(4-5-19(20)22)33-13-17-6-7-27-24(28-17)29-35(2,30)31/h4-7,9-11,14H,3,8,13H2,1-2H3,(H,27,28,29). The van der Waals surface area contributed by atoms with Crippen LogP contribution < -0.4 is 14.2 Å². The van der Waals surface area contributed by atoms with Crippen LogP contribution in [0.5, 0.6) is 11.5 Å². The van der Waals surface area contributed by atoms with E-state index in [0.29, 0.717) is 34.4 Å². The summed E-state index contributed by atoms with van der Waals surface area (Å²) in [6, 6.07) is 13.2. The van der Waals surface area contributed by atoms with Crippen molar-refractivity contribution in [2.75, 3.05) is 17.6 Å². The lowest BCUT2D eigenvalue weighted by atomic mass is 10.0. The van der Waals surface area contributed by atoms with Crippen LogP contribution in [0.1, 0.15) is 24.6 Å². The number of ether oxygens (including phenoxy) is 2. The Balaban J connectivity index is 1.55. The third-order valence-corrected chi connectivity index (χ3v) is 6.63. The SMILES string of the molecule is CCCOc1c(Cl)cc(-c2csc3cc(OCc4ccnc(NS(C)(=O)=O)n4)ccc23)cc1C#N. The van der Waals surface area contributed by atoms with Gasteiger partial charge in [0, 0.05) is 21.8 Å². The van der Waals surface area contributed by atoms with Crippen molar-refractivity contribution < 1.29 is 17.9 Å². The summed E-state index contributed by atoms with van der Waals surface area (Å²) in [5.41, 5.74) is 2.73. The number of rotatable bonds is 9. The highest BCUT2D eigenvalue weighted by Gasteiger charge is 2.15. The molecule has 180 valence electrons. The summed E-state index contributed by atoms with van der Waals surface area (Å²) in [4.78, 5) is 8.05. The van der Waals surface area contributed by atoms with Gasteiger partial charge in [-0.3, -0.25) is 4.72 Å². The van der Waals surface area contributed by atoms with Crippen LogP contribution >= 0.6 is 22.9 Å². The van der Waals surface area contributed by atoms with Gasteiger partial charge in [-0.05, 0) is 53.8 Å². The molecule has 0 bridgehead atoms. The molecule has 0 fully saturated rings. The third-order valence-electron chi connectivity index (χ3n) is 4.85. The molecule has 4 aromatic rings. The average molecular weight is 529 g/mol. The number of hydrogen-bond acceptors (Lipinski definition) is 8. The minimum atomic E-state index is -3.47. The Kier molecular flexibility index (Phi) is 7.40. The molecular formula is C24H21ClN4O4S2. The summed E-state index contributed by atoms with van der Waals surface area (Å²) < 4.78 is 37.5. The highest BCUT2D eigenvalue weighted by molar-refractivity contribution is 7.91. The number of benzene rings is 2. The summed E-state index contributed by atoms with van der Waals surface area (Å²) in [5, 5.41) is 13.0. The van der Waals surface area contributed by atoms with E-state index in [-0.39, 0.29) is 12.6 Å². The highest BCUT2D eigenvalue weighted by Crippen LogP contribution is 2.40. The number of fused-ring (bicyclic) bond motifs is 1. The van der Waals surface area contributed by atoms with E-state index in [2.05, 4.69) is 20.8 Å². The monoisotopic (exact) mass is 528 g/mol. The maximum Gasteiger partial charge on any atom is 0.236 e. The normalized spacial score (nSPS) is 11.3. The summed E-state index contributed by atoms with van der Waals surface area (Å²) in [6.45, 7) is 2.62. The molecule has 2 aromatic heterocycles. The quantitative estimate of drug-likeness (QED) is 0.299. The Morgan fingerprint density at radius 3 is 2.77 bits per heavy atom. The van der Waals surface area contributed by atoms with E-state index < -0.39 is 10.0 Å². The molecule has 0 radical (unpaired) electrons. The van der Waals surface area contributed by atoms with Crippen molar-refractivity contribution in [2.24, 2.45) is 0 Å². The molecule has 0 aliphatic carbocycles. The molecule has 0 amide bonds. The van der Waals surface area contributed by atoms with E-state index in [1.165, 1.54) is 6.20 Å². The summed E-state index contributed by atoms with van der Waals surface area (Å²) in [5.74, 6) is 1.05. The maximum absolute atomic E-state index is 11.4. The minimum absolute atomic E-state index is 0.00605. The van der Waals surface area contributed by atoms with E-state index >= 15 is 0 Å². The van der Waals surface area contributed by atoms with Crippen LogP contribution in [0.2, 0.25) is 5.02 Å². The van der Waals surface area contributed by atoms with Crippen molar-refractivity contribution in [2.45, 2.75) is 20.0 Å². The predicted octanol–water partition coefficient (Wildman–Crippen LogP) is 5.62. The van der Waals surface area contributed by atoms with Crippen LogP contribution in [-0.4, -0.2) is 31.2 Å². The van der Waals surface area contributed by atoms with Crippen molar-refractivity contribution in [3.63, 3.8) is 0 Å². The molecular weight excluding hydrogens is 508 g/mol. The minimum Gasteiger partial charge on any atom is -0.491 e. The van der Waals surface area contributed by atoms with E-state index in [4.69, 9.17) is 21.1 Å². The number of nitrogens with one attached hydrogen (secondary N) is 1. The molecule has 0 aliphatic rings. The Morgan fingerprint density at radius 2 is 2.03 bits per heavy atom. The molecule has 0 saturated heterocycles. The molecule has 0 spiro atoms. The molecule has 8 nitrogen and oxygen atoms in total. The molecule has 0 unspecified atom stereocenters. The van der Waals surface area contributed by atoms with Crippen LogP contribution in [-0.2, 0) is 16.6 Å². The third kappa shape index (κ3) is 6.00. The lowest BCUT2D eigenvalue weighted by molar-refractivity contribution is 0.302. The number of thiophene rings is 1. The van der Waals surface area contributed by atoms with E-state index in [9.17, 15) is 13.7 Å². The fraction of sp³-hybridized carbons (Fsp3) is 0.208. The lowest BCUT2D eigenvalue weighted by Gasteiger charge is -2.11. The smallest absolute Gasteiger partial charge is 0.236 e. The Labute approximate surface area is 212 Å². The fourth-order valence-corrected chi connectivity index (χ4v) is 5.05. The van der Waals surface area contributed by atoms with Gasteiger partial charge in [-0.2, -0.15) is 5.26 Å². The molecule has 1 N–H and O–H groups in total. The summed E-state index contributed by atoms with van der Waals surface area (Å²) in [6.07, 6.45) is 3.32. The van der Waals surface area contributed by atoms with Crippen LogP contribution in [0, 0.1) is 11.3 Å². The zero-order valence-electron chi connectivity index (χ0n) is 18.9. The summed E-state index contributed by atoms with van der Waals surface area (Å²) >= 11 is 8.00. The number of hydrogen-bond donors (Lipinski definition) is 1. The number of aromatic nitrogens is 2. The van der Waals surface area contributed by atoms with Gasteiger partial charge in [-0.25, -0.2) is 18.4 Å². The first-order valence-electron chi connectivity index (χ1n) is 10.6. The van der Waals surface area contributed by atoms with Gasteiger partial charge in [-0.15, -0.1) is 11.3 Å². The average Bonchev–Trinajstić information content (AvgIpc) is 3.24. The van der Waals surface area contributed by atoms with Crippen molar-refractivity contribution >= 4 is 49.0 Å². The van der Waals surface area contributed by atoms with Gasteiger partial charge in [0.05, 0.1) is 29.1 Å². The first kappa shape index (κ1) is 24.7. The van der Waals surface area contributed by atoms with Crippen molar-refractivity contribution in [3.8, 4) is 28.7 Å². The fourth-order valence-electron chi connectivity index (χ4n) is 3.35. The number of nitriles is 1. The van der Waals surface area contributed by atoms with Gasteiger partial charge >= 0.3 is 0 Å². The van der Waals surface area contributed by atoms with E-state index in [1.807, 2.05) is 36.6 Å². The number of anilines is 1. The van der Waals surface area contributed by atoms with Gasteiger partial charge in [0.1, 0.15) is 18.4 Å². The van der Waals surface area contributed by atoms with Gasteiger partial charge in [0.15, 0.2) is 5.75 Å². The first-order valence-corrected chi connectivity index (χ1v) is 13.7. The molecule has 2 heterocycles. The van der Waals surface area contributed by atoms with E-state index in [0.717, 1.165) is 33.9 Å².